The summed E-state index contributed by atoms with van der Waals surface area (Å²) < 4.78 is 0.406. The van der Waals surface area contributed by atoms with E-state index < -0.39 is 0 Å². The van der Waals surface area contributed by atoms with Gasteiger partial charge in [-0.1, -0.05) is 19.9 Å². The minimum Gasteiger partial charge on any atom is -0.399 e. The zero-order valence-corrected chi connectivity index (χ0v) is 11.8. The number of nitrogens with two attached hydrogens (primary N) is 1. The molecule has 0 aliphatic carbocycles. The largest absolute Gasteiger partial charge is 0.399 e. The number of nitrogens with zero attached hydrogens (tertiary/aromatic N) is 1. The fraction of sp³-hybridized carbons (Fsp3) is 0.571. The molecule has 0 saturated carbocycles. The van der Waals surface area contributed by atoms with Gasteiger partial charge in [-0.05, 0) is 31.0 Å². The summed E-state index contributed by atoms with van der Waals surface area (Å²) >= 11 is 2.08. The Morgan fingerprint density at radius 2 is 2.06 bits per heavy atom. The van der Waals surface area contributed by atoms with Crippen molar-refractivity contribution in [2.75, 3.05) is 29.5 Å². The number of nitrogen functional groups attached to an aromatic ring is 1. The predicted molar refractivity (Wildman–Crippen MR) is 79.0 cm³/mol. The molecule has 0 amide bonds. The minimum atomic E-state index is 0.406. The topological polar surface area (TPSA) is 29.3 Å². The fourth-order valence-corrected chi connectivity index (χ4v) is 3.33. The summed E-state index contributed by atoms with van der Waals surface area (Å²) in [5.74, 6) is 1.20. The van der Waals surface area contributed by atoms with Crippen LogP contribution in [0.1, 0.15) is 25.8 Å². The molecule has 1 fully saturated rings. The molecule has 94 valence electrons. The van der Waals surface area contributed by atoms with Crippen molar-refractivity contribution in [1.82, 2.24) is 0 Å². The van der Waals surface area contributed by atoms with Crippen molar-refractivity contribution < 1.29 is 0 Å². The Morgan fingerprint density at radius 1 is 1.29 bits per heavy atom. The standard InChI is InChI=1S/C14H22N2S/c1-11-4-5-12(15)10-13(11)16-7-6-14(2,3)17-9-8-16/h4-5,10H,6-9,15H2,1-3H3. The second kappa shape index (κ2) is 4.81. The molecule has 2 nitrogen and oxygen atoms in total. The van der Waals surface area contributed by atoms with Gasteiger partial charge in [0, 0.05) is 35.0 Å². The molecule has 1 aromatic rings. The van der Waals surface area contributed by atoms with Crippen molar-refractivity contribution in [3.63, 3.8) is 0 Å². The SMILES string of the molecule is Cc1ccc(N)cc1N1CCSC(C)(C)CC1. The third kappa shape index (κ3) is 3.09. The van der Waals surface area contributed by atoms with Gasteiger partial charge in [0.05, 0.1) is 0 Å². The van der Waals surface area contributed by atoms with E-state index in [4.69, 9.17) is 5.73 Å². The van der Waals surface area contributed by atoms with Crippen LogP contribution in [0.2, 0.25) is 0 Å². The van der Waals surface area contributed by atoms with Crippen molar-refractivity contribution >= 4 is 23.1 Å². The van der Waals surface area contributed by atoms with Crippen LogP contribution in [-0.4, -0.2) is 23.6 Å². The third-order valence-corrected chi connectivity index (χ3v) is 4.78. The van der Waals surface area contributed by atoms with Gasteiger partial charge in [-0.2, -0.15) is 11.8 Å². The molecule has 1 aliphatic rings. The molecule has 0 spiro atoms. The maximum absolute atomic E-state index is 5.89. The van der Waals surface area contributed by atoms with E-state index in [1.807, 2.05) is 6.07 Å². The normalized spacial score (nSPS) is 20.1. The van der Waals surface area contributed by atoms with Crippen LogP contribution < -0.4 is 10.6 Å². The van der Waals surface area contributed by atoms with Gasteiger partial charge in [0.15, 0.2) is 0 Å². The first-order valence-electron chi connectivity index (χ1n) is 6.23. The Labute approximate surface area is 109 Å². The maximum atomic E-state index is 5.89. The number of rotatable bonds is 1. The molecule has 17 heavy (non-hydrogen) atoms. The van der Waals surface area contributed by atoms with Crippen molar-refractivity contribution in [2.24, 2.45) is 0 Å². The molecule has 1 heterocycles. The van der Waals surface area contributed by atoms with Gasteiger partial charge in [0.2, 0.25) is 0 Å². The number of thioether (sulfide) groups is 1. The summed E-state index contributed by atoms with van der Waals surface area (Å²) in [6, 6.07) is 6.21. The molecule has 0 bridgehead atoms. The van der Waals surface area contributed by atoms with Crippen LogP contribution in [0.25, 0.3) is 0 Å². The van der Waals surface area contributed by atoms with E-state index in [-0.39, 0.29) is 0 Å². The van der Waals surface area contributed by atoms with Crippen LogP contribution >= 0.6 is 11.8 Å². The van der Waals surface area contributed by atoms with Gasteiger partial charge in [-0.3, -0.25) is 0 Å². The quantitative estimate of drug-likeness (QED) is 0.775. The number of aryl methyl sites for hydroxylation is 1. The van der Waals surface area contributed by atoms with Crippen LogP contribution in [-0.2, 0) is 0 Å². The van der Waals surface area contributed by atoms with Crippen LogP contribution in [0.3, 0.4) is 0 Å². The Bertz CT molecular complexity index is 401. The molecule has 1 aromatic carbocycles. The lowest BCUT2D eigenvalue weighted by Gasteiger charge is -2.26. The van der Waals surface area contributed by atoms with Crippen LogP contribution in [0.5, 0.6) is 0 Å². The molecule has 2 N–H and O–H groups in total. The number of hydrogen-bond donors (Lipinski definition) is 1. The first-order chi connectivity index (χ1) is 7.98. The average Bonchev–Trinajstić information content (AvgIpc) is 2.43. The molecule has 1 saturated heterocycles. The van der Waals surface area contributed by atoms with Crippen molar-refractivity contribution in [3.05, 3.63) is 23.8 Å². The van der Waals surface area contributed by atoms with Crippen LogP contribution in [0.4, 0.5) is 11.4 Å². The van der Waals surface area contributed by atoms with Gasteiger partial charge in [0.1, 0.15) is 0 Å². The molecule has 0 atom stereocenters. The fourth-order valence-electron chi connectivity index (χ4n) is 2.23. The first-order valence-corrected chi connectivity index (χ1v) is 7.21. The van der Waals surface area contributed by atoms with Crippen LogP contribution in [0.15, 0.2) is 18.2 Å². The minimum absolute atomic E-state index is 0.406. The third-order valence-electron chi connectivity index (χ3n) is 3.41. The monoisotopic (exact) mass is 250 g/mol. The van der Waals surface area contributed by atoms with Gasteiger partial charge in [0.25, 0.3) is 0 Å². The Balaban J connectivity index is 2.19. The van der Waals surface area contributed by atoms with E-state index in [0.717, 1.165) is 18.8 Å². The number of anilines is 2. The summed E-state index contributed by atoms with van der Waals surface area (Å²) in [7, 11) is 0. The van der Waals surface area contributed by atoms with Gasteiger partial charge in [-0.15, -0.1) is 0 Å². The maximum Gasteiger partial charge on any atom is 0.0416 e. The summed E-state index contributed by atoms with van der Waals surface area (Å²) in [4.78, 5) is 2.48. The zero-order chi connectivity index (χ0) is 12.5. The molecule has 1 aliphatic heterocycles. The van der Waals surface area contributed by atoms with E-state index in [1.54, 1.807) is 0 Å². The molecular formula is C14H22N2S. The zero-order valence-electron chi connectivity index (χ0n) is 11.0. The second-order valence-corrected chi connectivity index (χ2v) is 7.19. The van der Waals surface area contributed by atoms with Crippen LogP contribution in [0, 0.1) is 6.92 Å². The predicted octanol–water partition coefficient (Wildman–Crippen LogP) is 3.30. The summed E-state index contributed by atoms with van der Waals surface area (Å²) in [6.07, 6.45) is 1.23. The highest BCUT2D eigenvalue weighted by atomic mass is 32.2. The molecule has 2 rings (SSSR count). The molecular weight excluding hydrogens is 228 g/mol. The summed E-state index contributed by atoms with van der Waals surface area (Å²) in [5.41, 5.74) is 9.39. The molecule has 3 heteroatoms. The average molecular weight is 250 g/mol. The number of hydrogen-bond acceptors (Lipinski definition) is 3. The Hall–Kier alpha value is -0.830. The van der Waals surface area contributed by atoms with Gasteiger partial charge < -0.3 is 10.6 Å². The van der Waals surface area contributed by atoms with E-state index >= 15 is 0 Å². The molecule has 0 aromatic heterocycles. The van der Waals surface area contributed by atoms with E-state index in [9.17, 15) is 0 Å². The van der Waals surface area contributed by atoms with Gasteiger partial charge >= 0.3 is 0 Å². The lowest BCUT2D eigenvalue weighted by atomic mass is 10.1. The number of benzene rings is 1. The lowest BCUT2D eigenvalue weighted by molar-refractivity contribution is 0.637. The summed E-state index contributed by atoms with van der Waals surface area (Å²) in [6.45, 7) is 9.10. The van der Waals surface area contributed by atoms with Crippen molar-refractivity contribution in [1.29, 1.82) is 0 Å². The van der Waals surface area contributed by atoms with E-state index in [2.05, 4.69) is 49.6 Å². The first kappa shape index (κ1) is 12.6. The van der Waals surface area contributed by atoms with Crippen molar-refractivity contribution in [3.8, 4) is 0 Å². The highest BCUT2D eigenvalue weighted by Crippen LogP contribution is 2.33. The second-order valence-electron chi connectivity index (χ2n) is 5.39. The molecule has 0 unspecified atom stereocenters. The summed E-state index contributed by atoms with van der Waals surface area (Å²) in [5, 5.41) is 0. The highest BCUT2D eigenvalue weighted by molar-refractivity contribution is 8.00. The Kier molecular flexibility index (Phi) is 3.57. The smallest absolute Gasteiger partial charge is 0.0416 e. The van der Waals surface area contributed by atoms with Gasteiger partial charge in [-0.25, -0.2) is 0 Å². The lowest BCUT2D eigenvalue weighted by Crippen LogP contribution is -2.27. The molecule has 0 radical (unpaired) electrons. The van der Waals surface area contributed by atoms with Crippen molar-refractivity contribution in [2.45, 2.75) is 31.9 Å². The highest BCUT2D eigenvalue weighted by Gasteiger charge is 2.24. The Morgan fingerprint density at radius 3 is 2.82 bits per heavy atom. The van der Waals surface area contributed by atoms with E-state index in [1.165, 1.54) is 23.4 Å². The van der Waals surface area contributed by atoms with E-state index in [0.29, 0.717) is 4.75 Å².